The smallest absolute Gasteiger partial charge is 0.326 e. The Morgan fingerprint density at radius 2 is 1.72 bits per heavy atom. The highest BCUT2D eigenvalue weighted by atomic mass is 16.6. The number of hydrogen-bond acceptors (Lipinski definition) is 6. The highest BCUT2D eigenvalue weighted by Gasteiger charge is 2.24. The van der Waals surface area contributed by atoms with Crippen molar-refractivity contribution in [1.29, 1.82) is 0 Å². The Kier molecular flexibility index (Phi) is 7.02. The Balaban J connectivity index is 1.79. The van der Waals surface area contributed by atoms with Crippen LogP contribution in [-0.2, 0) is 17.8 Å². The zero-order valence-corrected chi connectivity index (χ0v) is 16.9. The van der Waals surface area contributed by atoms with Gasteiger partial charge in [-0.25, -0.2) is 4.79 Å². The number of carbonyl (C=O) groups excluding carboxylic acids is 1. The topological polar surface area (TPSA) is 145 Å². The number of carboxylic acids is 1. The van der Waals surface area contributed by atoms with Crippen LogP contribution in [0, 0.1) is 10.1 Å². The van der Waals surface area contributed by atoms with Crippen molar-refractivity contribution in [1.82, 2.24) is 5.32 Å². The molecule has 0 radical (unpaired) electrons. The Labute approximate surface area is 183 Å². The van der Waals surface area contributed by atoms with Crippen molar-refractivity contribution in [2.75, 3.05) is 5.73 Å². The van der Waals surface area contributed by atoms with Gasteiger partial charge in [0.1, 0.15) is 12.6 Å². The molecule has 32 heavy (non-hydrogen) atoms. The number of para-hydroxylation sites is 1. The summed E-state index contributed by atoms with van der Waals surface area (Å²) in [7, 11) is 0. The number of nitrogens with zero attached hydrogens (tertiary/aromatic N) is 1. The lowest BCUT2D eigenvalue weighted by atomic mass is 10.0. The summed E-state index contributed by atoms with van der Waals surface area (Å²) in [6.45, 7) is 0.109. The lowest BCUT2D eigenvalue weighted by molar-refractivity contribution is -0.386. The second-order valence-corrected chi connectivity index (χ2v) is 6.99. The summed E-state index contributed by atoms with van der Waals surface area (Å²) in [5.74, 6) is -1.87. The van der Waals surface area contributed by atoms with E-state index in [1.165, 1.54) is 30.3 Å². The number of ether oxygens (including phenoxy) is 1. The molecule has 164 valence electrons. The molecule has 0 spiro atoms. The fourth-order valence-corrected chi connectivity index (χ4v) is 3.06. The average Bonchev–Trinajstić information content (AvgIpc) is 2.78. The Bertz CT molecular complexity index is 1130. The number of aliphatic carboxylic acids is 1. The number of anilines is 1. The largest absolute Gasteiger partial charge is 0.482 e. The first-order valence-corrected chi connectivity index (χ1v) is 9.67. The number of carbonyl (C=O) groups is 2. The lowest BCUT2D eigenvalue weighted by Gasteiger charge is -2.16. The van der Waals surface area contributed by atoms with Gasteiger partial charge in [0.2, 0.25) is 0 Å². The van der Waals surface area contributed by atoms with E-state index in [1.807, 2.05) is 30.3 Å². The van der Waals surface area contributed by atoms with Gasteiger partial charge in [-0.15, -0.1) is 0 Å². The number of benzene rings is 3. The maximum absolute atomic E-state index is 12.5. The lowest BCUT2D eigenvalue weighted by Crippen LogP contribution is -2.42. The predicted molar refractivity (Wildman–Crippen MR) is 117 cm³/mol. The third kappa shape index (κ3) is 5.60. The SMILES string of the molecule is Nc1ccccc1C(=O)NC(Cc1ccc([N+](=O)[O-])c(OCc2ccccc2)c1)C(=O)O. The molecule has 0 heterocycles. The summed E-state index contributed by atoms with van der Waals surface area (Å²) in [6.07, 6.45) is -0.104. The maximum Gasteiger partial charge on any atom is 0.326 e. The summed E-state index contributed by atoms with van der Waals surface area (Å²) in [5.41, 5.74) is 7.20. The van der Waals surface area contributed by atoms with E-state index in [4.69, 9.17) is 10.5 Å². The van der Waals surface area contributed by atoms with Gasteiger partial charge >= 0.3 is 11.7 Å². The average molecular weight is 435 g/mol. The molecular formula is C23H21N3O6. The molecule has 3 rings (SSSR count). The van der Waals surface area contributed by atoms with Gasteiger partial charge in [0.15, 0.2) is 5.75 Å². The van der Waals surface area contributed by atoms with Gasteiger partial charge in [-0.05, 0) is 29.3 Å². The molecule has 3 aromatic rings. The molecule has 0 saturated heterocycles. The Hall–Kier alpha value is -4.40. The fraction of sp³-hybridized carbons (Fsp3) is 0.130. The van der Waals surface area contributed by atoms with Crippen molar-refractivity contribution in [2.24, 2.45) is 0 Å². The molecule has 0 saturated carbocycles. The van der Waals surface area contributed by atoms with Crippen molar-refractivity contribution in [3.8, 4) is 5.75 Å². The first-order chi connectivity index (χ1) is 15.3. The van der Waals surface area contributed by atoms with Gasteiger partial charge in [0.05, 0.1) is 10.5 Å². The van der Waals surface area contributed by atoms with E-state index in [9.17, 15) is 24.8 Å². The van der Waals surface area contributed by atoms with Crippen molar-refractivity contribution < 1.29 is 24.4 Å². The minimum Gasteiger partial charge on any atom is -0.482 e. The van der Waals surface area contributed by atoms with E-state index in [0.29, 0.717) is 5.56 Å². The van der Waals surface area contributed by atoms with Crippen molar-refractivity contribution in [3.05, 3.63) is 99.6 Å². The molecule has 4 N–H and O–H groups in total. The number of amides is 1. The molecule has 0 bridgehead atoms. The molecule has 0 aliphatic heterocycles. The van der Waals surface area contributed by atoms with Crippen molar-refractivity contribution in [3.63, 3.8) is 0 Å². The van der Waals surface area contributed by atoms with E-state index >= 15 is 0 Å². The van der Waals surface area contributed by atoms with Crippen LogP contribution >= 0.6 is 0 Å². The summed E-state index contributed by atoms with van der Waals surface area (Å²) >= 11 is 0. The minimum atomic E-state index is -1.27. The van der Waals surface area contributed by atoms with Crippen LogP contribution < -0.4 is 15.8 Å². The fourth-order valence-electron chi connectivity index (χ4n) is 3.06. The van der Waals surface area contributed by atoms with Gasteiger partial charge in [-0.1, -0.05) is 48.5 Å². The van der Waals surface area contributed by atoms with Crippen molar-refractivity contribution >= 4 is 23.3 Å². The number of hydrogen-bond donors (Lipinski definition) is 3. The third-order valence-electron chi connectivity index (χ3n) is 4.71. The van der Waals surface area contributed by atoms with Crippen LogP contribution in [0.2, 0.25) is 0 Å². The molecule has 9 heteroatoms. The highest BCUT2D eigenvalue weighted by Crippen LogP contribution is 2.29. The van der Waals surface area contributed by atoms with Crippen LogP contribution in [-0.4, -0.2) is 27.9 Å². The number of rotatable bonds is 9. The zero-order chi connectivity index (χ0) is 23.1. The van der Waals surface area contributed by atoms with Gasteiger partial charge in [-0.2, -0.15) is 0 Å². The van der Waals surface area contributed by atoms with E-state index in [0.717, 1.165) is 5.56 Å². The molecule has 1 unspecified atom stereocenters. The molecule has 0 aliphatic carbocycles. The van der Waals surface area contributed by atoms with E-state index in [-0.39, 0.29) is 35.7 Å². The van der Waals surface area contributed by atoms with Crippen LogP contribution in [0.5, 0.6) is 5.75 Å². The standard InChI is InChI=1S/C23H21N3O6/c24-18-9-5-4-8-17(18)22(27)25-19(23(28)29)12-16-10-11-20(26(30)31)21(13-16)32-14-15-6-2-1-3-7-15/h1-11,13,19H,12,14,24H2,(H,25,27)(H,28,29). The quantitative estimate of drug-likeness (QED) is 0.266. The van der Waals surface area contributed by atoms with Crippen LogP contribution in [0.4, 0.5) is 11.4 Å². The molecule has 0 aliphatic rings. The number of nitrogens with two attached hydrogens (primary N) is 1. The molecule has 0 fully saturated rings. The van der Waals surface area contributed by atoms with Gasteiger partial charge in [0.25, 0.3) is 5.91 Å². The van der Waals surface area contributed by atoms with Crippen LogP contribution in [0.1, 0.15) is 21.5 Å². The molecule has 1 amide bonds. The number of nitro benzene ring substituents is 1. The first kappa shape index (κ1) is 22.3. The predicted octanol–water partition coefficient (Wildman–Crippen LogP) is 3.18. The van der Waals surface area contributed by atoms with Gasteiger partial charge in [0, 0.05) is 18.2 Å². The molecule has 3 aromatic carbocycles. The number of carboxylic acid groups (broad SMARTS) is 1. The summed E-state index contributed by atoms with van der Waals surface area (Å²) in [5, 5.41) is 23.4. The van der Waals surface area contributed by atoms with Gasteiger partial charge in [-0.3, -0.25) is 14.9 Å². The summed E-state index contributed by atoms with van der Waals surface area (Å²) in [4.78, 5) is 35.0. The van der Waals surface area contributed by atoms with E-state index in [2.05, 4.69) is 5.32 Å². The van der Waals surface area contributed by atoms with Crippen LogP contribution in [0.15, 0.2) is 72.8 Å². The third-order valence-corrected chi connectivity index (χ3v) is 4.71. The molecular weight excluding hydrogens is 414 g/mol. The van der Waals surface area contributed by atoms with E-state index < -0.39 is 22.8 Å². The minimum absolute atomic E-state index is 0.0131. The number of nitrogens with one attached hydrogen (secondary N) is 1. The number of nitrogen functional groups attached to an aromatic ring is 1. The van der Waals surface area contributed by atoms with E-state index in [1.54, 1.807) is 12.1 Å². The second kappa shape index (κ2) is 10.1. The Morgan fingerprint density at radius 3 is 2.38 bits per heavy atom. The normalized spacial score (nSPS) is 11.4. The van der Waals surface area contributed by atoms with Crippen LogP contribution in [0.25, 0.3) is 0 Å². The first-order valence-electron chi connectivity index (χ1n) is 9.67. The summed E-state index contributed by atoms with van der Waals surface area (Å²) in [6, 6.07) is 18.3. The van der Waals surface area contributed by atoms with Crippen molar-refractivity contribution in [2.45, 2.75) is 19.1 Å². The van der Waals surface area contributed by atoms with Crippen LogP contribution in [0.3, 0.4) is 0 Å². The summed E-state index contributed by atoms with van der Waals surface area (Å²) < 4.78 is 5.64. The zero-order valence-electron chi connectivity index (χ0n) is 16.9. The van der Waals surface area contributed by atoms with Gasteiger partial charge < -0.3 is 20.9 Å². The molecule has 9 nitrogen and oxygen atoms in total. The molecule has 1 atom stereocenters. The second-order valence-electron chi connectivity index (χ2n) is 6.99. The maximum atomic E-state index is 12.5. The number of nitro groups is 1. The molecule has 0 aromatic heterocycles. The highest BCUT2D eigenvalue weighted by molar-refractivity contribution is 6.00. The Morgan fingerprint density at radius 1 is 1.03 bits per heavy atom. The monoisotopic (exact) mass is 435 g/mol.